The van der Waals surface area contributed by atoms with Gasteiger partial charge in [0.25, 0.3) is 0 Å². The quantitative estimate of drug-likeness (QED) is 0.575. The Morgan fingerprint density at radius 2 is 2.15 bits per heavy atom. The molecule has 0 amide bonds. The van der Waals surface area contributed by atoms with Crippen LogP contribution in [0.2, 0.25) is 0 Å². The Hall–Kier alpha value is -1.36. The maximum absolute atomic E-state index is 9.91. The first kappa shape index (κ1) is 16.7. The van der Waals surface area contributed by atoms with E-state index < -0.39 is 6.10 Å². The molecule has 4 nitrogen and oxygen atoms in total. The van der Waals surface area contributed by atoms with E-state index >= 15 is 0 Å². The van der Waals surface area contributed by atoms with Gasteiger partial charge in [-0.05, 0) is 31.9 Å². The number of para-hydroxylation sites is 1. The molecule has 0 aliphatic heterocycles. The second-order valence-electron chi connectivity index (χ2n) is 5.78. The Kier molecular flexibility index (Phi) is 6.71. The van der Waals surface area contributed by atoms with E-state index in [1.165, 1.54) is 0 Å². The molecule has 0 saturated carbocycles. The van der Waals surface area contributed by atoms with Crippen molar-refractivity contribution in [3.63, 3.8) is 0 Å². The van der Waals surface area contributed by atoms with Crippen molar-refractivity contribution in [3.8, 4) is 5.75 Å². The van der Waals surface area contributed by atoms with Crippen LogP contribution in [0.4, 0.5) is 0 Å². The van der Waals surface area contributed by atoms with Crippen molar-refractivity contribution in [2.45, 2.75) is 31.9 Å². The van der Waals surface area contributed by atoms with Gasteiger partial charge in [-0.15, -0.1) is 6.58 Å². The average molecular weight is 279 g/mol. The van der Waals surface area contributed by atoms with Gasteiger partial charge in [0.2, 0.25) is 0 Å². The molecule has 0 aromatic heterocycles. The van der Waals surface area contributed by atoms with Crippen molar-refractivity contribution in [2.75, 3.05) is 19.7 Å². The van der Waals surface area contributed by atoms with Gasteiger partial charge >= 0.3 is 0 Å². The van der Waals surface area contributed by atoms with Gasteiger partial charge in [0.05, 0.1) is 12.1 Å². The van der Waals surface area contributed by atoms with Crippen LogP contribution >= 0.6 is 0 Å². The third kappa shape index (κ3) is 6.70. The number of allylic oxidation sites excluding steroid dienone is 1. The molecule has 0 aliphatic carbocycles. The lowest BCUT2D eigenvalue weighted by Gasteiger charge is -2.18. The molecule has 1 unspecified atom stereocenters. The Labute approximate surface area is 121 Å². The normalized spacial score (nSPS) is 13.0. The Bertz CT molecular complexity index is 413. The molecule has 0 spiro atoms. The van der Waals surface area contributed by atoms with Crippen LogP contribution in [-0.2, 0) is 6.42 Å². The van der Waals surface area contributed by atoms with Gasteiger partial charge in [0.15, 0.2) is 0 Å². The summed E-state index contributed by atoms with van der Waals surface area (Å²) < 4.78 is 5.69. The summed E-state index contributed by atoms with van der Waals surface area (Å²) in [7, 11) is 0. The lowest BCUT2D eigenvalue weighted by atomic mass is 10.1. The van der Waals surface area contributed by atoms with Gasteiger partial charge < -0.3 is 20.9 Å². The van der Waals surface area contributed by atoms with Crippen molar-refractivity contribution >= 4 is 0 Å². The van der Waals surface area contributed by atoms with E-state index in [2.05, 4.69) is 6.58 Å². The number of rotatable bonds is 9. The van der Waals surface area contributed by atoms with Crippen LogP contribution < -0.4 is 15.8 Å². The lowest BCUT2D eigenvalue weighted by molar-refractivity contribution is -0.666. The van der Waals surface area contributed by atoms with Crippen LogP contribution in [0.25, 0.3) is 0 Å². The summed E-state index contributed by atoms with van der Waals surface area (Å²) in [6, 6.07) is 7.82. The van der Waals surface area contributed by atoms with E-state index in [1.54, 1.807) is 0 Å². The zero-order valence-electron chi connectivity index (χ0n) is 12.5. The largest absolute Gasteiger partial charge is 0.490 e. The van der Waals surface area contributed by atoms with Gasteiger partial charge in [-0.2, -0.15) is 0 Å². The third-order valence-electron chi connectivity index (χ3n) is 2.88. The Morgan fingerprint density at radius 3 is 2.80 bits per heavy atom. The summed E-state index contributed by atoms with van der Waals surface area (Å²) in [5, 5.41) is 11.9. The maximum atomic E-state index is 9.91. The first-order chi connectivity index (χ1) is 9.42. The SMILES string of the molecule is C=CCc1ccccc1OCC(O)C[NH2+]CC(C)(C)N. The van der Waals surface area contributed by atoms with Gasteiger partial charge in [-0.3, -0.25) is 0 Å². The highest BCUT2D eigenvalue weighted by molar-refractivity contribution is 5.34. The molecule has 0 radical (unpaired) electrons. The van der Waals surface area contributed by atoms with Crippen LogP contribution in [0.3, 0.4) is 0 Å². The molecule has 0 bridgehead atoms. The van der Waals surface area contributed by atoms with E-state index in [4.69, 9.17) is 10.5 Å². The fourth-order valence-electron chi connectivity index (χ4n) is 1.87. The number of aliphatic hydroxyl groups excluding tert-OH is 1. The molecule has 4 heteroatoms. The molecule has 5 N–H and O–H groups in total. The second-order valence-corrected chi connectivity index (χ2v) is 5.78. The van der Waals surface area contributed by atoms with Gasteiger partial charge in [-0.25, -0.2) is 0 Å². The van der Waals surface area contributed by atoms with Gasteiger partial charge in [0.1, 0.15) is 25.0 Å². The summed E-state index contributed by atoms with van der Waals surface area (Å²) in [6.07, 6.45) is 2.10. The number of quaternary nitrogens is 1. The smallest absolute Gasteiger partial charge is 0.137 e. The molecule has 20 heavy (non-hydrogen) atoms. The summed E-state index contributed by atoms with van der Waals surface area (Å²) in [6.45, 7) is 9.32. The number of nitrogens with two attached hydrogens (primary N) is 2. The van der Waals surface area contributed by atoms with Crippen molar-refractivity contribution < 1.29 is 15.2 Å². The number of hydrogen-bond acceptors (Lipinski definition) is 3. The molecule has 0 saturated heterocycles. The van der Waals surface area contributed by atoms with E-state index in [9.17, 15) is 5.11 Å². The molecule has 1 aromatic rings. The first-order valence-corrected chi connectivity index (χ1v) is 7.02. The summed E-state index contributed by atoms with van der Waals surface area (Å²) in [4.78, 5) is 0. The minimum atomic E-state index is -0.505. The molecule has 1 aromatic carbocycles. The van der Waals surface area contributed by atoms with Crippen LogP contribution in [0, 0.1) is 0 Å². The monoisotopic (exact) mass is 279 g/mol. The first-order valence-electron chi connectivity index (χ1n) is 7.02. The van der Waals surface area contributed by atoms with Crippen LogP contribution in [-0.4, -0.2) is 36.4 Å². The molecular formula is C16H27N2O2+. The average Bonchev–Trinajstić information content (AvgIpc) is 2.36. The van der Waals surface area contributed by atoms with Gasteiger partial charge in [-0.1, -0.05) is 24.3 Å². The fourth-order valence-corrected chi connectivity index (χ4v) is 1.87. The topological polar surface area (TPSA) is 72.1 Å². The molecule has 1 atom stereocenters. The zero-order chi connectivity index (χ0) is 15.0. The van der Waals surface area contributed by atoms with E-state index in [0.717, 1.165) is 24.3 Å². The van der Waals surface area contributed by atoms with Crippen molar-refractivity contribution in [2.24, 2.45) is 5.73 Å². The molecule has 0 fully saturated rings. The Balaban J connectivity index is 2.37. The summed E-state index contributed by atoms with van der Waals surface area (Å²) in [5.41, 5.74) is 6.75. The Morgan fingerprint density at radius 1 is 1.45 bits per heavy atom. The predicted octanol–water partition coefficient (Wildman–Crippen LogP) is 0.456. The van der Waals surface area contributed by atoms with Gasteiger partial charge in [0, 0.05) is 0 Å². The van der Waals surface area contributed by atoms with E-state index in [0.29, 0.717) is 6.54 Å². The van der Waals surface area contributed by atoms with Crippen molar-refractivity contribution in [1.82, 2.24) is 0 Å². The van der Waals surface area contributed by atoms with E-state index in [1.807, 2.05) is 49.5 Å². The van der Waals surface area contributed by atoms with Crippen molar-refractivity contribution in [3.05, 3.63) is 42.5 Å². The minimum absolute atomic E-state index is 0.225. The second kappa shape index (κ2) is 8.04. The zero-order valence-corrected chi connectivity index (χ0v) is 12.5. The maximum Gasteiger partial charge on any atom is 0.137 e. The fraction of sp³-hybridized carbons (Fsp3) is 0.500. The molecule has 1 rings (SSSR count). The summed E-state index contributed by atoms with van der Waals surface area (Å²) in [5.74, 6) is 0.811. The van der Waals surface area contributed by atoms with Crippen LogP contribution in [0.15, 0.2) is 36.9 Å². The van der Waals surface area contributed by atoms with E-state index in [-0.39, 0.29) is 12.1 Å². The highest BCUT2D eigenvalue weighted by Crippen LogP contribution is 2.18. The number of aliphatic hydroxyl groups is 1. The highest BCUT2D eigenvalue weighted by atomic mass is 16.5. The third-order valence-corrected chi connectivity index (χ3v) is 2.88. The predicted molar refractivity (Wildman–Crippen MR) is 81.8 cm³/mol. The molecule has 0 heterocycles. The molecule has 112 valence electrons. The highest BCUT2D eigenvalue weighted by Gasteiger charge is 2.15. The number of ether oxygens (including phenoxy) is 1. The molecule has 0 aliphatic rings. The van der Waals surface area contributed by atoms with Crippen LogP contribution in [0.5, 0.6) is 5.75 Å². The number of hydrogen-bond donors (Lipinski definition) is 3. The lowest BCUT2D eigenvalue weighted by Crippen LogP contribution is -2.90. The molecular weight excluding hydrogens is 252 g/mol. The van der Waals surface area contributed by atoms with Crippen LogP contribution in [0.1, 0.15) is 19.4 Å². The minimum Gasteiger partial charge on any atom is -0.490 e. The van der Waals surface area contributed by atoms with Crippen molar-refractivity contribution in [1.29, 1.82) is 0 Å². The number of benzene rings is 1. The summed E-state index contributed by atoms with van der Waals surface area (Å²) >= 11 is 0. The standard InChI is InChI=1S/C16H26N2O2/c1-4-7-13-8-5-6-9-15(13)20-11-14(19)10-18-12-16(2,3)17/h4-6,8-9,14,18-19H,1,7,10-12,17H2,2-3H3/p+1.